The lowest BCUT2D eigenvalue weighted by Gasteiger charge is -2.32. The number of urea groups is 1. The van der Waals surface area contributed by atoms with Crippen LogP contribution in [0.5, 0.6) is 0 Å². The minimum atomic E-state index is -0.443. The molecule has 4 heteroatoms. The van der Waals surface area contributed by atoms with Gasteiger partial charge in [0.1, 0.15) is 0 Å². The summed E-state index contributed by atoms with van der Waals surface area (Å²) >= 11 is 0. The Labute approximate surface area is 130 Å². The van der Waals surface area contributed by atoms with Gasteiger partial charge in [0.15, 0.2) is 0 Å². The highest BCUT2D eigenvalue weighted by Gasteiger charge is 2.25. The van der Waals surface area contributed by atoms with Gasteiger partial charge in [0.05, 0.1) is 0 Å². The maximum absolute atomic E-state index is 11.1. The summed E-state index contributed by atoms with van der Waals surface area (Å²) in [5.74, 6) is 0. The van der Waals surface area contributed by atoms with E-state index in [1.54, 1.807) is 0 Å². The third kappa shape index (κ3) is 3.28. The van der Waals surface area contributed by atoms with Gasteiger partial charge in [0, 0.05) is 12.1 Å². The second kappa shape index (κ2) is 6.62. The zero-order valence-electron chi connectivity index (χ0n) is 12.5. The van der Waals surface area contributed by atoms with E-state index >= 15 is 0 Å². The largest absolute Gasteiger partial charge is 0.352 e. The number of rotatable bonds is 3. The summed E-state index contributed by atoms with van der Waals surface area (Å²) < 4.78 is 0. The van der Waals surface area contributed by atoms with Gasteiger partial charge in [-0.3, -0.25) is 0 Å². The molecular formula is C18H21N3O. The fourth-order valence-electron chi connectivity index (χ4n) is 3.17. The highest BCUT2D eigenvalue weighted by atomic mass is 16.2. The van der Waals surface area contributed by atoms with E-state index < -0.39 is 6.03 Å². The van der Waals surface area contributed by atoms with Crippen LogP contribution >= 0.6 is 0 Å². The molecule has 4 nitrogen and oxygen atoms in total. The highest BCUT2D eigenvalue weighted by Crippen LogP contribution is 2.32. The van der Waals surface area contributed by atoms with Crippen LogP contribution in [0.2, 0.25) is 0 Å². The molecule has 0 spiro atoms. The van der Waals surface area contributed by atoms with Crippen molar-refractivity contribution in [3.05, 3.63) is 60.2 Å². The van der Waals surface area contributed by atoms with E-state index in [0.717, 1.165) is 19.4 Å². The average molecular weight is 295 g/mol. The first-order valence-electron chi connectivity index (χ1n) is 7.68. The number of piperidine rings is 1. The molecule has 1 aliphatic heterocycles. The molecule has 1 saturated heterocycles. The Morgan fingerprint density at radius 1 is 1.09 bits per heavy atom. The fourth-order valence-corrected chi connectivity index (χ4v) is 3.17. The number of hydrogen-bond donors (Lipinski definition) is 3. The number of carbonyl (C=O) groups excluding carboxylic acids is 1. The van der Waals surface area contributed by atoms with Crippen LogP contribution in [0.4, 0.5) is 4.79 Å². The second-order valence-corrected chi connectivity index (χ2v) is 5.69. The quantitative estimate of drug-likeness (QED) is 0.815. The van der Waals surface area contributed by atoms with E-state index in [-0.39, 0.29) is 12.1 Å². The van der Waals surface area contributed by atoms with Crippen LogP contribution in [0.1, 0.15) is 24.4 Å². The van der Waals surface area contributed by atoms with Crippen LogP contribution in [0.3, 0.4) is 0 Å². The van der Waals surface area contributed by atoms with E-state index in [2.05, 4.69) is 59.2 Å². The van der Waals surface area contributed by atoms with Gasteiger partial charge in [-0.15, -0.1) is 0 Å². The standard InChI is InChI=1S/C18H21N3O/c19-18(22)21-14-10-11-20-17(12-14)16-9-5-4-8-15(16)13-6-2-1-3-7-13/h1-9,14,17,20H,10-12H2,(H3,19,21,22). The number of carbonyl (C=O) groups is 1. The van der Waals surface area contributed by atoms with Crippen molar-refractivity contribution in [2.75, 3.05) is 6.54 Å². The van der Waals surface area contributed by atoms with Gasteiger partial charge in [-0.1, -0.05) is 54.6 Å². The number of nitrogens with two attached hydrogens (primary N) is 1. The van der Waals surface area contributed by atoms with E-state index in [9.17, 15) is 4.79 Å². The number of hydrogen-bond acceptors (Lipinski definition) is 2. The molecular weight excluding hydrogens is 274 g/mol. The van der Waals surface area contributed by atoms with Crippen LogP contribution in [0, 0.1) is 0 Å². The van der Waals surface area contributed by atoms with Gasteiger partial charge < -0.3 is 16.4 Å². The maximum atomic E-state index is 11.1. The van der Waals surface area contributed by atoms with Crippen LogP contribution in [0.15, 0.2) is 54.6 Å². The van der Waals surface area contributed by atoms with Gasteiger partial charge in [-0.05, 0) is 36.1 Å². The number of nitrogens with one attached hydrogen (secondary N) is 2. The SMILES string of the molecule is NC(=O)NC1CCNC(c2ccccc2-c2ccccc2)C1. The van der Waals surface area contributed by atoms with Crippen LogP contribution in [0.25, 0.3) is 11.1 Å². The lowest BCUT2D eigenvalue weighted by molar-refractivity contribution is 0.238. The molecule has 2 atom stereocenters. The summed E-state index contributed by atoms with van der Waals surface area (Å²) in [6.07, 6.45) is 1.76. The Balaban J connectivity index is 1.87. The molecule has 0 radical (unpaired) electrons. The van der Waals surface area contributed by atoms with Crippen molar-refractivity contribution in [2.24, 2.45) is 5.73 Å². The van der Waals surface area contributed by atoms with Crippen molar-refractivity contribution in [2.45, 2.75) is 24.9 Å². The van der Waals surface area contributed by atoms with Crippen LogP contribution in [-0.2, 0) is 0 Å². The van der Waals surface area contributed by atoms with Crippen molar-refractivity contribution in [1.82, 2.24) is 10.6 Å². The van der Waals surface area contributed by atoms with Crippen molar-refractivity contribution < 1.29 is 4.79 Å². The normalized spacial score (nSPS) is 21.3. The lowest BCUT2D eigenvalue weighted by atomic mass is 9.88. The highest BCUT2D eigenvalue weighted by molar-refractivity contribution is 5.72. The zero-order chi connectivity index (χ0) is 15.4. The third-order valence-electron chi connectivity index (χ3n) is 4.17. The summed E-state index contributed by atoms with van der Waals surface area (Å²) in [6.45, 7) is 0.874. The second-order valence-electron chi connectivity index (χ2n) is 5.69. The Hall–Kier alpha value is -2.33. The molecule has 0 bridgehead atoms. The molecule has 1 fully saturated rings. The van der Waals surface area contributed by atoms with Crippen molar-refractivity contribution >= 4 is 6.03 Å². The van der Waals surface area contributed by atoms with E-state index in [0.29, 0.717) is 0 Å². The maximum Gasteiger partial charge on any atom is 0.312 e. The van der Waals surface area contributed by atoms with Gasteiger partial charge in [0.25, 0.3) is 0 Å². The average Bonchev–Trinajstić information content (AvgIpc) is 2.55. The molecule has 22 heavy (non-hydrogen) atoms. The molecule has 4 N–H and O–H groups in total. The van der Waals surface area contributed by atoms with E-state index in [1.807, 2.05) is 6.07 Å². The van der Waals surface area contributed by atoms with Crippen LogP contribution < -0.4 is 16.4 Å². The first-order chi connectivity index (χ1) is 10.7. The van der Waals surface area contributed by atoms with Gasteiger partial charge in [-0.2, -0.15) is 0 Å². The molecule has 2 unspecified atom stereocenters. The number of amides is 2. The summed E-state index contributed by atoms with van der Waals surface area (Å²) in [7, 11) is 0. The molecule has 2 amide bonds. The van der Waals surface area contributed by atoms with Gasteiger partial charge >= 0.3 is 6.03 Å². The fraction of sp³-hybridized carbons (Fsp3) is 0.278. The Kier molecular flexibility index (Phi) is 4.39. The van der Waals surface area contributed by atoms with Crippen LogP contribution in [-0.4, -0.2) is 18.6 Å². The summed E-state index contributed by atoms with van der Waals surface area (Å²) in [5.41, 5.74) is 8.98. The molecule has 0 saturated carbocycles. The van der Waals surface area contributed by atoms with Crippen molar-refractivity contribution in [1.29, 1.82) is 0 Å². The smallest absolute Gasteiger partial charge is 0.312 e. The number of benzene rings is 2. The Bertz CT molecular complexity index is 642. The molecule has 2 aromatic rings. The Morgan fingerprint density at radius 3 is 2.59 bits per heavy atom. The van der Waals surface area contributed by atoms with Gasteiger partial charge in [-0.25, -0.2) is 4.79 Å². The van der Waals surface area contributed by atoms with Crippen molar-refractivity contribution in [3.63, 3.8) is 0 Å². The lowest BCUT2D eigenvalue weighted by Crippen LogP contribution is -2.46. The zero-order valence-corrected chi connectivity index (χ0v) is 12.5. The molecule has 2 aromatic carbocycles. The molecule has 3 rings (SSSR count). The van der Waals surface area contributed by atoms with Crippen molar-refractivity contribution in [3.8, 4) is 11.1 Å². The summed E-state index contributed by atoms with van der Waals surface area (Å²) in [5, 5.41) is 6.40. The Morgan fingerprint density at radius 2 is 1.82 bits per heavy atom. The molecule has 0 aromatic heterocycles. The minimum Gasteiger partial charge on any atom is -0.352 e. The summed E-state index contributed by atoms with van der Waals surface area (Å²) in [4.78, 5) is 11.1. The first kappa shape index (κ1) is 14.6. The van der Waals surface area contributed by atoms with E-state index in [4.69, 9.17) is 5.73 Å². The molecule has 1 heterocycles. The number of primary amides is 1. The van der Waals surface area contributed by atoms with E-state index in [1.165, 1.54) is 16.7 Å². The molecule has 1 aliphatic rings. The third-order valence-corrected chi connectivity index (χ3v) is 4.17. The van der Waals surface area contributed by atoms with Gasteiger partial charge in [0.2, 0.25) is 0 Å². The minimum absolute atomic E-state index is 0.132. The molecule has 114 valence electrons. The first-order valence-corrected chi connectivity index (χ1v) is 7.68. The predicted molar refractivity (Wildman–Crippen MR) is 88.4 cm³/mol. The summed E-state index contributed by atoms with van der Waals surface area (Å²) in [6, 6.07) is 18.7. The monoisotopic (exact) mass is 295 g/mol. The topological polar surface area (TPSA) is 67.2 Å². The molecule has 0 aliphatic carbocycles. The predicted octanol–water partition coefficient (Wildman–Crippen LogP) is 2.82.